The van der Waals surface area contributed by atoms with Gasteiger partial charge in [-0.3, -0.25) is 14.4 Å². The number of nitrogens with one attached hydrogen (secondary N) is 1. The summed E-state index contributed by atoms with van der Waals surface area (Å²) in [6.45, 7) is 2.72. The molecule has 1 rings (SSSR count). The molecule has 0 spiro atoms. The third-order valence-corrected chi connectivity index (χ3v) is 2.58. The zero-order chi connectivity index (χ0) is 12.1. The molecule has 1 atom stereocenters. The van der Waals surface area contributed by atoms with Crippen LogP contribution in [0.2, 0.25) is 0 Å². The van der Waals surface area contributed by atoms with Crippen molar-refractivity contribution in [2.45, 2.75) is 19.8 Å². The van der Waals surface area contributed by atoms with Crippen LogP contribution in [0.5, 0.6) is 0 Å². The Morgan fingerprint density at radius 1 is 1.56 bits per heavy atom. The molecular formula is C10H16N2O4. The number of aliphatic carboxylic acids is 1. The first kappa shape index (κ1) is 12.5. The third-order valence-electron chi connectivity index (χ3n) is 2.58. The Hall–Kier alpha value is -1.59. The van der Waals surface area contributed by atoms with Crippen molar-refractivity contribution in [1.82, 2.24) is 10.2 Å². The van der Waals surface area contributed by atoms with Crippen molar-refractivity contribution in [1.29, 1.82) is 0 Å². The molecule has 6 heteroatoms. The van der Waals surface area contributed by atoms with Crippen molar-refractivity contribution in [3.63, 3.8) is 0 Å². The van der Waals surface area contributed by atoms with E-state index >= 15 is 0 Å². The predicted octanol–water partition coefficient (Wildman–Crippen LogP) is -0.554. The minimum Gasteiger partial charge on any atom is -0.481 e. The molecule has 1 fully saturated rings. The van der Waals surface area contributed by atoms with E-state index in [2.05, 4.69) is 5.32 Å². The van der Waals surface area contributed by atoms with Crippen molar-refractivity contribution < 1.29 is 19.5 Å². The first-order valence-electron chi connectivity index (χ1n) is 5.28. The maximum atomic E-state index is 11.7. The van der Waals surface area contributed by atoms with Crippen LogP contribution in [0.15, 0.2) is 0 Å². The van der Waals surface area contributed by atoms with Crippen LogP contribution >= 0.6 is 0 Å². The highest BCUT2D eigenvalue weighted by molar-refractivity contribution is 5.97. The second-order valence-electron chi connectivity index (χ2n) is 3.84. The molecule has 0 aliphatic carbocycles. The molecule has 0 aromatic heterocycles. The summed E-state index contributed by atoms with van der Waals surface area (Å²) < 4.78 is 0. The fourth-order valence-electron chi connectivity index (χ4n) is 1.76. The first-order chi connectivity index (χ1) is 7.52. The van der Waals surface area contributed by atoms with Crippen molar-refractivity contribution in [2.75, 3.05) is 19.6 Å². The van der Waals surface area contributed by atoms with Gasteiger partial charge in [-0.15, -0.1) is 0 Å². The Balaban J connectivity index is 2.44. The van der Waals surface area contributed by atoms with Gasteiger partial charge in [-0.2, -0.15) is 0 Å². The van der Waals surface area contributed by atoms with Gasteiger partial charge in [-0.25, -0.2) is 0 Å². The Bertz CT molecular complexity index is 303. The lowest BCUT2D eigenvalue weighted by molar-refractivity contribution is -0.153. The Kier molecular flexibility index (Phi) is 4.28. The average Bonchev–Trinajstić information content (AvgIpc) is 2.19. The molecular weight excluding hydrogens is 212 g/mol. The van der Waals surface area contributed by atoms with Crippen LogP contribution in [-0.2, 0) is 14.4 Å². The maximum Gasteiger partial charge on any atom is 0.316 e. The van der Waals surface area contributed by atoms with E-state index < -0.39 is 11.9 Å². The van der Waals surface area contributed by atoms with Gasteiger partial charge in [0, 0.05) is 26.6 Å². The van der Waals surface area contributed by atoms with Gasteiger partial charge in [0.25, 0.3) is 0 Å². The van der Waals surface area contributed by atoms with E-state index in [1.807, 2.05) is 0 Å². The molecule has 16 heavy (non-hydrogen) atoms. The molecule has 1 aliphatic rings. The van der Waals surface area contributed by atoms with E-state index in [1.54, 1.807) is 0 Å². The standard InChI is InChI=1S/C10H16N2O4/c1-7(13)11-4-6-12-5-2-3-8(9(12)14)10(15)16/h8H,2-6H2,1H3,(H,11,13)(H,15,16). The number of hydrogen-bond donors (Lipinski definition) is 2. The molecule has 0 bridgehead atoms. The van der Waals surface area contributed by atoms with Crippen LogP contribution in [-0.4, -0.2) is 47.4 Å². The van der Waals surface area contributed by atoms with Crippen LogP contribution < -0.4 is 5.32 Å². The highest BCUT2D eigenvalue weighted by Crippen LogP contribution is 2.17. The number of hydrogen-bond acceptors (Lipinski definition) is 3. The van der Waals surface area contributed by atoms with Crippen molar-refractivity contribution in [2.24, 2.45) is 5.92 Å². The molecule has 2 N–H and O–H groups in total. The number of amides is 2. The first-order valence-corrected chi connectivity index (χ1v) is 5.28. The lowest BCUT2D eigenvalue weighted by Crippen LogP contribution is -2.46. The van der Waals surface area contributed by atoms with E-state index in [9.17, 15) is 14.4 Å². The molecule has 90 valence electrons. The van der Waals surface area contributed by atoms with Gasteiger partial charge < -0.3 is 15.3 Å². The monoisotopic (exact) mass is 228 g/mol. The molecule has 0 saturated carbocycles. The van der Waals surface area contributed by atoms with Crippen molar-refractivity contribution in [3.8, 4) is 0 Å². The van der Waals surface area contributed by atoms with Crippen LogP contribution in [0.3, 0.4) is 0 Å². The minimum atomic E-state index is -1.06. The van der Waals surface area contributed by atoms with Crippen LogP contribution in [0.25, 0.3) is 0 Å². The molecule has 1 aliphatic heterocycles. The number of carboxylic acid groups (broad SMARTS) is 1. The minimum absolute atomic E-state index is 0.153. The topological polar surface area (TPSA) is 86.7 Å². The molecule has 1 saturated heterocycles. The molecule has 0 radical (unpaired) electrons. The van der Waals surface area contributed by atoms with E-state index in [1.165, 1.54) is 11.8 Å². The summed E-state index contributed by atoms with van der Waals surface area (Å²) in [5.41, 5.74) is 0. The highest BCUT2D eigenvalue weighted by Gasteiger charge is 2.33. The molecule has 1 unspecified atom stereocenters. The largest absolute Gasteiger partial charge is 0.481 e. The number of carbonyl (C=O) groups is 3. The summed E-state index contributed by atoms with van der Waals surface area (Å²) in [7, 11) is 0. The van der Waals surface area contributed by atoms with Crippen molar-refractivity contribution in [3.05, 3.63) is 0 Å². The van der Waals surface area contributed by atoms with Crippen LogP contribution in [0.4, 0.5) is 0 Å². The van der Waals surface area contributed by atoms with Gasteiger partial charge in [-0.05, 0) is 12.8 Å². The lowest BCUT2D eigenvalue weighted by atomic mass is 9.97. The van der Waals surface area contributed by atoms with Crippen LogP contribution in [0.1, 0.15) is 19.8 Å². The lowest BCUT2D eigenvalue weighted by Gasteiger charge is -2.30. The zero-order valence-corrected chi connectivity index (χ0v) is 9.23. The van der Waals surface area contributed by atoms with E-state index in [-0.39, 0.29) is 11.8 Å². The van der Waals surface area contributed by atoms with Gasteiger partial charge in [0.15, 0.2) is 0 Å². The summed E-state index contributed by atoms with van der Waals surface area (Å²) in [6, 6.07) is 0. The number of carbonyl (C=O) groups excluding carboxylic acids is 2. The second-order valence-corrected chi connectivity index (χ2v) is 3.84. The third kappa shape index (κ3) is 3.22. The van der Waals surface area contributed by atoms with Crippen molar-refractivity contribution >= 4 is 17.8 Å². The Morgan fingerprint density at radius 2 is 2.25 bits per heavy atom. The zero-order valence-electron chi connectivity index (χ0n) is 9.23. The quantitative estimate of drug-likeness (QED) is 0.632. The number of rotatable bonds is 4. The maximum absolute atomic E-state index is 11.7. The van der Waals surface area contributed by atoms with Gasteiger partial charge in [0.2, 0.25) is 11.8 Å². The Labute approximate surface area is 93.6 Å². The Morgan fingerprint density at radius 3 is 2.81 bits per heavy atom. The molecule has 1 heterocycles. The van der Waals surface area contributed by atoms with Gasteiger partial charge in [0.05, 0.1) is 0 Å². The van der Waals surface area contributed by atoms with Crippen LogP contribution in [0, 0.1) is 5.92 Å². The second kappa shape index (κ2) is 5.48. The fourth-order valence-corrected chi connectivity index (χ4v) is 1.76. The smallest absolute Gasteiger partial charge is 0.316 e. The summed E-state index contributed by atoms with van der Waals surface area (Å²) >= 11 is 0. The molecule has 0 aromatic carbocycles. The summed E-state index contributed by atoms with van der Waals surface area (Å²) in [5, 5.41) is 11.4. The van der Waals surface area contributed by atoms with Gasteiger partial charge in [0.1, 0.15) is 5.92 Å². The highest BCUT2D eigenvalue weighted by atomic mass is 16.4. The summed E-state index contributed by atoms with van der Waals surface area (Å²) in [5.74, 6) is -2.47. The number of carboxylic acids is 1. The number of likely N-dealkylation sites (tertiary alicyclic amines) is 1. The van der Waals surface area contributed by atoms with Gasteiger partial charge in [-0.1, -0.05) is 0 Å². The normalized spacial score (nSPS) is 20.7. The fraction of sp³-hybridized carbons (Fsp3) is 0.700. The molecule has 0 aromatic rings. The molecule has 2 amide bonds. The van der Waals surface area contributed by atoms with Gasteiger partial charge >= 0.3 is 5.97 Å². The SMILES string of the molecule is CC(=O)NCCN1CCCC(C(=O)O)C1=O. The average molecular weight is 228 g/mol. The number of nitrogens with zero attached hydrogens (tertiary/aromatic N) is 1. The molecule has 6 nitrogen and oxygen atoms in total. The summed E-state index contributed by atoms with van der Waals surface area (Å²) in [6.07, 6.45) is 1.10. The van der Waals surface area contributed by atoms with E-state index in [0.717, 1.165) is 0 Å². The summed E-state index contributed by atoms with van der Waals surface area (Å²) in [4.78, 5) is 34.6. The van der Waals surface area contributed by atoms with E-state index in [4.69, 9.17) is 5.11 Å². The number of piperidine rings is 1. The van der Waals surface area contributed by atoms with E-state index in [0.29, 0.717) is 32.5 Å². The predicted molar refractivity (Wildman–Crippen MR) is 55.6 cm³/mol.